The van der Waals surface area contributed by atoms with Crippen LogP contribution < -0.4 is 10.5 Å². The molecule has 0 aliphatic rings. The summed E-state index contributed by atoms with van der Waals surface area (Å²) in [7, 11) is -1.50. The first kappa shape index (κ1) is 18.9. The van der Waals surface area contributed by atoms with Crippen LogP contribution in [0.4, 0.5) is 5.69 Å². The lowest BCUT2D eigenvalue weighted by Gasteiger charge is -2.16. The van der Waals surface area contributed by atoms with Crippen molar-refractivity contribution in [1.29, 1.82) is 0 Å². The van der Waals surface area contributed by atoms with Crippen LogP contribution in [-0.4, -0.2) is 33.5 Å². The van der Waals surface area contributed by atoms with E-state index >= 15 is 0 Å². The van der Waals surface area contributed by atoms with Crippen LogP contribution in [0.3, 0.4) is 0 Å². The van der Waals surface area contributed by atoms with E-state index in [2.05, 4.69) is 37.7 Å². The summed E-state index contributed by atoms with van der Waals surface area (Å²) >= 11 is 3.26. The lowest BCUT2D eigenvalue weighted by atomic mass is 10.2. The predicted molar refractivity (Wildman–Crippen MR) is 101 cm³/mol. The van der Waals surface area contributed by atoms with Crippen molar-refractivity contribution in [2.75, 3.05) is 25.9 Å². The Labute approximate surface area is 152 Å². The summed E-state index contributed by atoms with van der Waals surface area (Å²) in [5.41, 5.74) is 7.38. The summed E-state index contributed by atoms with van der Waals surface area (Å²) in [4.78, 5) is 2.35. The molecule has 0 atom stereocenters. The lowest BCUT2D eigenvalue weighted by molar-refractivity contribution is 0.322. The molecule has 0 spiro atoms. The third-order valence-electron chi connectivity index (χ3n) is 3.58. The van der Waals surface area contributed by atoms with Crippen molar-refractivity contribution in [3.8, 4) is 0 Å². The standard InChI is InChI=1S/C17H22BrN3O2S/c1-21(13-14-6-3-2-4-7-14)11-5-10-20-24(22,23)15-8-9-16(18)17(19)12-15/h2-4,6-9,12,20H,5,10-11,13,19H2,1H3. The number of anilines is 1. The molecule has 0 saturated carbocycles. The van der Waals surface area contributed by atoms with Gasteiger partial charge in [0.1, 0.15) is 0 Å². The van der Waals surface area contributed by atoms with Crippen LogP contribution in [0.2, 0.25) is 0 Å². The van der Waals surface area contributed by atoms with E-state index in [0.717, 1.165) is 19.5 Å². The number of nitrogens with zero attached hydrogens (tertiary/aromatic N) is 1. The van der Waals surface area contributed by atoms with Crippen molar-refractivity contribution in [1.82, 2.24) is 9.62 Å². The van der Waals surface area contributed by atoms with Crippen LogP contribution in [0.25, 0.3) is 0 Å². The third-order valence-corrected chi connectivity index (χ3v) is 5.76. The van der Waals surface area contributed by atoms with Crippen molar-refractivity contribution >= 4 is 31.6 Å². The first-order valence-corrected chi connectivity index (χ1v) is 9.93. The molecular weight excluding hydrogens is 390 g/mol. The smallest absolute Gasteiger partial charge is 0.240 e. The maximum Gasteiger partial charge on any atom is 0.240 e. The number of sulfonamides is 1. The van der Waals surface area contributed by atoms with E-state index in [0.29, 0.717) is 16.7 Å². The summed E-state index contributed by atoms with van der Waals surface area (Å²) in [6.45, 7) is 2.04. The highest BCUT2D eigenvalue weighted by molar-refractivity contribution is 9.10. The first-order chi connectivity index (χ1) is 11.4. The molecule has 0 radical (unpaired) electrons. The van der Waals surface area contributed by atoms with Gasteiger partial charge in [0, 0.05) is 23.2 Å². The summed E-state index contributed by atoms with van der Waals surface area (Å²) < 4.78 is 27.8. The van der Waals surface area contributed by atoms with E-state index < -0.39 is 10.0 Å². The largest absolute Gasteiger partial charge is 0.398 e. The highest BCUT2D eigenvalue weighted by Crippen LogP contribution is 2.22. The van der Waals surface area contributed by atoms with E-state index in [1.165, 1.54) is 17.7 Å². The van der Waals surface area contributed by atoms with Crippen LogP contribution in [0.1, 0.15) is 12.0 Å². The molecule has 2 rings (SSSR count). The molecule has 24 heavy (non-hydrogen) atoms. The monoisotopic (exact) mass is 411 g/mol. The van der Waals surface area contributed by atoms with Crippen LogP contribution in [0.15, 0.2) is 57.9 Å². The molecule has 130 valence electrons. The average molecular weight is 412 g/mol. The minimum atomic E-state index is -3.53. The zero-order chi connectivity index (χ0) is 17.6. The van der Waals surface area contributed by atoms with E-state index in [-0.39, 0.29) is 4.90 Å². The second-order valence-corrected chi connectivity index (χ2v) is 8.28. The van der Waals surface area contributed by atoms with Gasteiger partial charge < -0.3 is 10.6 Å². The molecule has 2 aromatic carbocycles. The molecule has 3 N–H and O–H groups in total. The maximum atomic E-state index is 12.2. The molecule has 0 aliphatic carbocycles. The molecule has 0 amide bonds. The minimum Gasteiger partial charge on any atom is -0.398 e. The number of halogens is 1. The highest BCUT2D eigenvalue weighted by atomic mass is 79.9. The zero-order valence-corrected chi connectivity index (χ0v) is 16.0. The van der Waals surface area contributed by atoms with Gasteiger partial charge in [-0.05, 0) is 59.7 Å². The summed E-state index contributed by atoms with van der Waals surface area (Å²) in [5, 5.41) is 0. The molecule has 0 unspecified atom stereocenters. The lowest BCUT2D eigenvalue weighted by Crippen LogP contribution is -2.28. The van der Waals surface area contributed by atoms with Crippen molar-refractivity contribution < 1.29 is 8.42 Å². The number of benzene rings is 2. The molecule has 2 aromatic rings. The van der Waals surface area contributed by atoms with Crippen LogP contribution >= 0.6 is 15.9 Å². The topological polar surface area (TPSA) is 75.4 Å². The second kappa shape index (κ2) is 8.62. The molecule has 0 heterocycles. The number of hydrogen-bond acceptors (Lipinski definition) is 4. The Morgan fingerprint density at radius 2 is 1.88 bits per heavy atom. The average Bonchev–Trinajstić information content (AvgIpc) is 2.55. The van der Waals surface area contributed by atoms with Gasteiger partial charge in [0.25, 0.3) is 0 Å². The molecule has 7 heteroatoms. The Balaban J connectivity index is 1.79. The van der Waals surface area contributed by atoms with Crippen LogP contribution in [-0.2, 0) is 16.6 Å². The molecule has 0 fully saturated rings. The fourth-order valence-corrected chi connectivity index (χ4v) is 3.66. The number of rotatable bonds is 8. The van der Waals surface area contributed by atoms with Crippen molar-refractivity contribution in [3.05, 3.63) is 58.6 Å². The molecule has 0 bridgehead atoms. The molecule has 0 saturated heterocycles. The van der Waals surface area contributed by atoms with Gasteiger partial charge in [0.05, 0.1) is 4.90 Å². The number of nitrogens with one attached hydrogen (secondary N) is 1. The predicted octanol–water partition coefficient (Wildman–Crippen LogP) is 2.83. The summed E-state index contributed by atoms with van der Waals surface area (Å²) in [6, 6.07) is 14.8. The number of hydrogen-bond donors (Lipinski definition) is 2. The Hall–Kier alpha value is -1.41. The van der Waals surface area contributed by atoms with E-state index in [1.54, 1.807) is 6.07 Å². The fourth-order valence-electron chi connectivity index (χ4n) is 2.30. The van der Waals surface area contributed by atoms with Gasteiger partial charge in [-0.3, -0.25) is 0 Å². The molecular formula is C17H22BrN3O2S. The van der Waals surface area contributed by atoms with Crippen LogP contribution in [0, 0.1) is 0 Å². The van der Waals surface area contributed by atoms with E-state index in [4.69, 9.17) is 5.73 Å². The Morgan fingerprint density at radius 3 is 2.54 bits per heavy atom. The second-order valence-electron chi connectivity index (χ2n) is 5.66. The number of nitrogens with two attached hydrogens (primary N) is 1. The van der Waals surface area contributed by atoms with E-state index in [9.17, 15) is 8.42 Å². The summed E-state index contributed by atoms with van der Waals surface area (Å²) in [6.07, 6.45) is 0.731. The number of nitrogen functional groups attached to an aromatic ring is 1. The Morgan fingerprint density at radius 1 is 1.17 bits per heavy atom. The van der Waals surface area contributed by atoms with Gasteiger partial charge in [0.2, 0.25) is 10.0 Å². The van der Waals surface area contributed by atoms with Crippen LogP contribution in [0.5, 0.6) is 0 Å². The molecule has 0 aromatic heterocycles. The van der Waals surface area contributed by atoms with Gasteiger partial charge in [-0.25, -0.2) is 13.1 Å². The fraction of sp³-hybridized carbons (Fsp3) is 0.294. The van der Waals surface area contributed by atoms with Gasteiger partial charge >= 0.3 is 0 Å². The Bertz CT molecular complexity index is 767. The molecule has 5 nitrogen and oxygen atoms in total. The van der Waals surface area contributed by atoms with Crippen molar-refractivity contribution in [2.24, 2.45) is 0 Å². The Kier molecular flexibility index (Phi) is 6.79. The third kappa shape index (κ3) is 5.59. The minimum absolute atomic E-state index is 0.181. The van der Waals surface area contributed by atoms with Crippen molar-refractivity contribution in [2.45, 2.75) is 17.9 Å². The first-order valence-electron chi connectivity index (χ1n) is 7.65. The summed E-state index contributed by atoms with van der Waals surface area (Å²) in [5.74, 6) is 0. The van der Waals surface area contributed by atoms with E-state index in [1.807, 2.05) is 25.2 Å². The van der Waals surface area contributed by atoms with Gasteiger partial charge in [-0.2, -0.15) is 0 Å². The highest BCUT2D eigenvalue weighted by Gasteiger charge is 2.14. The quantitative estimate of drug-likeness (QED) is 0.517. The molecule has 0 aliphatic heterocycles. The van der Waals surface area contributed by atoms with Gasteiger partial charge in [0.15, 0.2) is 0 Å². The normalized spacial score (nSPS) is 11.8. The SMILES string of the molecule is CN(CCCNS(=O)(=O)c1ccc(Br)c(N)c1)Cc1ccccc1. The zero-order valence-electron chi connectivity index (χ0n) is 13.6. The van der Waals surface area contributed by atoms with Gasteiger partial charge in [-0.15, -0.1) is 0 Å². The maximum absolute atomic E-state index is 12.2. The van der Waals surface area contributed by atoms with Crippen molar-refractivity contribution in [3.63, 3.8) is 0 Å². The van der Waals surface area contributed by atoms with Gasteiger partial charge in [-0.1, -0.05) is 30.3 Å².